The van der Waals surface area contributed by atoms with Gasteiger partial charge in [0.1, 0.15) is 35.9 Å². The summed E-state index contributed by atoms with van der Waals surface area (Å²) in [6, 6.07) is 9.27. The number of nitrogen functional groups attached to an aromatic ring is 1. The van der Waals surface area contributed by atoms with Gasteiger partial charge in [-0.25, -0.2) is 9.97 Å². The minimum absolute atomic E-state index is 0.0506. The molecule has 5 rings (SSSR count). The van der Waals surface area contributed by atoms with E-state index in [1.165, 1.54) is 6.33 Å². The van der Waals surface area contributed by atoms with Crippen molar-refractivity contribution in [2.75, 3.05) is 12.3 Å². The molecule has 4 atom stereocenters. The summed E-state index contributed by atoms with van der Waals surface area (Å²) in [6.07, 6.45) is -1.09. The lowest BCUT2D eigenvalue weighted by Crippen LogP contribution is -2.66. The van der Waals surface area contributed by atoms with Crippen LogP contribution in [0.1, 0.15) is 67.2 Å². The van der Waals surface area contributed by atoms with Gasteiger partial charge < -0.3 is 32.9 Å². The molecule has 0 unspecified atom stereocenters. The van der Waals surface area contributed by atoms with Gasteiger partial charge in [0.2, 0.25) is 0 Å². The number of nitrogens with one attached hydrogen (secondary N) is 1. The first-order chi connectivity index (χ1) is 20.4. The van der Waals surface area contributed by atoms with Crippen LogP contribution in [-0.4, -0.2) is 67.4 Å². The van der Waals surface area contributed by atoms with Crippen molar-refractivity contribution in [1.29, 1.82) is 0 Å². The first-order valence-electron chi connectivity index (χ1n) is 14.9. The minimum Gasteiger partial charge on any atom is -0.447 e. The van der Waals surface area contributed by atoms with Crippen molar-refractivity contribution in [3.05, 3.63) is 42.4 Å². The molecule has 0 bridgehead atoms. The molecule has 3 N–H and O–H groups in total. The zero-order valence-electron chi connectivity index (χ0n) is 26.1. The second kappa shape index (κ2) is 12.5. The van der Waals surface area contributed by atoms with Crippen molar-refractivity contribution in [3.63, 3.8) is 0 Å². The number of hydrogen-bond acceptors (Lipinski definition) is 11. The van der Waals surface area contributed by atoms with E-state index >= 15 is 0 Å². The van der Waals surface area contributed by atoms with Crippen LogP contribution in [0, 0.1) is 0 Å². The van der Waals surface area contributed by atoms with Crippen molar-refractivity contribution in [2.24, 2.45) is 0 Å². The summed E-state index contributed by atoms with van der Waals surface area (Å²) >= 11 is 5.62. The maximum absolute atomic E-state index is 7.38. The van der Waals surface area contributed by atoms with E-state index in [1.807, 2.05) is 30.3 Å². The molecule has 2 aliphatic heterocycles. The Hall–Kier alpha value is -2.47. The average molecular weight is 646 g/mol. The number of para-hydroxylation sites is 1. The number of rotatable bonds is 7. The van der Waals surface area contributed by atoms with E-state index in [0.29, 0.717) is 22.5 Å². The van der Waals surface area contributed by atoms with E-state index in [2.05, 4.69) is 75.6 Å². The van der Waals surface area contributed by atoms with Gasteiger partial charge in [-0.1, -0.05) is 73.6 Å². The van der Waals surface area contributed by atoms with Crippen molar-refractivity contribution < 1.29 is 27.2 Å². The molecule has 0 aliphatic carbocycles. The highest BCUT2D eigenvalue weighted by atomic mass is 32.1. The second-order valence-electron chi connectivity index (χ2n) is 12.5. The lowest BCUT2D eigenvalue weighted by molar-refractivity contribution is -0.0395. The summed E-state index contributed by atoms with van der Waals surface area (Å²) in [7, 11) is -5.77. The highest BCUT2D eigenvalue weighted by molar-refractivity contribution is 7.79. The number of benzene rings is 1. The molecule has 3 aromatic rings. The Balaban J connectivity index is 1.60. The van der Waals surface area contributed by atoms with Crippen LogP contribution < -0.4 is 10.5 Å². The van der Waals surface area contributed by atoms with Gasteiger partial charge in [0.25, 0.3) is 0 Å². The van der Waals surface area contributed by atoms with Crippen LogP contribution in [0.15, 0.2) is 36.7 Å². The number of anilines is 1. The number of aromatic amines is 1. The summed E-state index contributed by atoms with van der Waals surface area (Å²) in [5, 5.41) is 7.43. The molecule has 1 aromatic carbocycles. The number of hydrogen-bond donors (Lipinski definition) is 2. The van der Waals surface area contributed by atoms with Crippen LogP contribution >= 0.6 is 12.2 Å². The lowest BCUT2D eigenvalue weighted by atomic mass is 10.0. The van der Waals surface area contributed by atoms with Crippen LogP contribution in [0.25, 0.3) is 11.0 Å². The molecule has 4 heterocycles. The van der Waals surface area contributed by atoms with Crippen LogP contribution in [0.5, 0.6) is 5.75 Å². The van der Waals surface area contributed by atoms with Crippen LogP contribution in [0.4, 0.5) is 5.82 Å². The molecule has 0 spiro atoms. The van der Waals surface area contributed by atoms with Gasteiger partial charge in [-0.15, -0.1) is 0 Å². The third-order valence-corrected chi connectivity index (χ3v) is 18.9. The molecular formula is C29H43N5O6SSi2. The lowest BCUT2D eigenvalue weighted by Gasteiger charge is -2.51. The normalized spacial score (nSPS) is 25.2. The molecular weight excluding hydrogens is 603 g/mol. The number of ether oxygens (including phenoxy) is 3. The first-order valence-corrected chi connectivity index (χ1v) is 19.3. The number of aromatic nitrogens is 4. The molecule has 2 aliphatic rings. The quantitative estimate of drug-likeness (QED) is 0.229. The summed E-state index contributed by atoms with van der Waals surface area (Å²) in [6.45, 7) is 17.7. The topological polar surface area (TPSA) is 136 Å². The van der Waals surface area contributed by atoms with Gasteiger partial charge in [0.15, 0.2) is 17.4 Å². The molecule has 14 heteroatoms. The van der Waals surface area contributed by atoms with E-state index in [4.69, 9.17) is 45.1 Å². The first kappa shape index (κ1) is 31.9. The summed E-state index contributed by atoms with van der Waals surface area (Å²) in [5.74, 6) is 0.829. The Morgan fingerprint density at radius 3 is 2.23 bits per heavy atom. The van der Waals surface area contributed by atoms with Crippen molar-refractivity contribution >= 4 is 51.4 Å². The van der Waals surface area contributed by atoms with E-state index < -0.39 is 41.5 Å². The molecule has 2 saturated heterocycles. The van der Waals surface area contributed by atoms with Crippen LogP contribution in [0.3, 0.4) is 0 Å². The van der Waals surface area contributed by atoms with Gasteiger partial charge in [-0.3, -0.25) is 5.10 Å². The van der Waals surface area contributed by atoms with E-state index in [1.54, 1.807) is 0 Å². The predicted molar refractivity (Wildman–Crippen MR) is 172 cm³/mol. The van der Waals surface area contributed by atoms with E-state index in [9.17, 15) is 0 Å². The van der Waals surface area contributed by atoms with Crippen molar-refractivity contribution in [1.82, 2.24) is 20.2 Å². The largest absolute Gasteiger partial charge is 0.447 e. The van der Waals surface area contributed by atoms with E-state index in [0.717, 1.165) is 0 Å². The summed E-state index contributed by atoms with van der Waals surface area (Å²) in [5.41, 5.74) is 8.33. The molecule has 2 aromatic heterocycles. The van der Waals surface area contributed by atoms with Gasteiger partial charge >= 0.3 is 22.4 Å². The number of nitrogens with zero attached hydrogens (tertiary/aromatic N) is 3. The zero-order chi connectivity index (χ0) is 31.1. The number of nitrogens with two attached hydrogens (primary N) is 1. The standard InChI is InChI=1S/C29H43N5O6SSi2/c1-16(2)42(17(3)4)35-14-21-25(39-43(40-42,18(5)6)19(7)8)27(38-29(41)36-20-12-10-9-11-13-20)26(37-21)23-22-24(34-33-23)28(30)32-15-31-22/h9-13,15-19,21,25-27H,14H2,1-8H3,(H,33,34)(H2,30,31,32)/t21-,25-,26+,27-/m1/s1. The summed E-state index contributed by atoms with van der Waals surface area (Å²) < 4.78 is 40.8. The van der Waals surface area contributed by atoms with Gasteiger partial charge in [-0.2, -0.15) is 5.10 Å². The number of fused-ring (bicyclic) bond motifs is 2. The molecule has 2 fully saturated rings. The fourth-order valence-electron chi connectivity index (χ4n) is 6.29. The summed E-state index contributed by atoms with van der Waals surface area (Å²) in [4.78, 5) is 8.56. The number of thiocarbonyl (C=S) groups is 1. The molecule has 0 radical (unpaired) electrons. The third-order valence-electron chi connectivity index (χ3n) is 8.50. The highest BCUT2D eigenvalue weighted by Crippen LogP contribution is 2.49. The van der Waals surface area contributed by atoms with Gasteiger partial charge in [0, 0.05) is 12.2 Å². The van der Waals surface area contributed by atoms with Crippen LogP contribution in [0.2, 0.25) is 22.2 Å². The fraction of sp³-hybridized carbons (Fsp3) is 0.586. The Bertz CT molecular complexity index is 1410. The van der Waals surface area contributed by atoms with E-state index in [-0.39, 0.29) is 39.8 Å². The Morgan fingerprint density at radius 1 is 0.953 bits per heavy atom. The number of H-pyrrole nitrogens is 1. The minimum atomic E-state index is -2.99. The Kier molecular flexibility index (Phi) is 9.28. The van der Waals surface area contributed by atoms with Crippen LogP contribution in [-0.2, 0) is 22.4 Å². The Labute approximate surface area is 260 Å². The molecule has 0 saturated carbocycles. The smallest absolute Gasteiger partial charge is 0.358 e. The Morgan fingerprint density at radius 2 is 1.60 bits per heavy atom. The van der Waals surface area contributed by atoms with Gasteiger partial charge in [-0.05, 0) is 34.3 Å². The highest BCUT2D eigenvalue weighted by Gasteiger charge is 2.62. The zero-order valence-corrected chi connectivity index (χ0v) is 28.9. The molecule has 11 nitrogen and oxygen atoms in total. The van der Waals surface area contributed by atoms with Gasteiger partial charge in [0.05, 0.1) is 12.3 Å². The monoisotopic (exact) mass is 645 g/mol. The van der Waals surface area contributed by atoms with Crippen molar-refractivity contribution in [3.8, 4) is 5.75 Å². The molecule has 43 heavy (non-hydrogen) atoms. The second-order valence-corrected chi connectivity index (χ2v) is 21.7. The maximum Gasteiger partial charge on any atom is 0.358 e. The maximum atomic E-state index is 7.38. The fourth-order valence-corrected chi connectivity index (χ4v) is 17.7. The predicted octanol–water partition coefficient (Wildman–Crippen LogP) is 6.08. The molecule has 0 amide bonds. The average Bonchev–Trinajstić information content (AvgIpc) is 3.50. The SMILES string of the molecule is CC(C)[Si]1(C(C)C)OC[C@H]2O[C@@H](c3[nH]nc4c(N)ncnc34)[C@H](OC(=S)Oc3ccccc3)[C@@H]2O[Si](C(C)C)(C(C)C)O1. The molecule has 234 valence electrons. The third kappa shape index (κ3) is 5.85. The van der Waals surface area contributed by atoms with Crippen molar-refractivity contribution in [2.45, 2.75) is 102 Å².